The quantitative estimate of drug-likeness (QED) is 0.698. The number of amides is 1. The SMILES string of the molecule is O=C(c1ccccc1C(F)(F)F)N1CCc2[nH]c3ccccc3c2C1. The highest BCUT2D eigenvalue weighted by molar-refractivity contribution is 5.96. The number of nitrogens with one attached hydrogen (secondary N) is 1. The molecule has 3 nitrogen and oxygen atoms in total. The second kappa shape index (κ2) is 5.65. The molecule has 4 rings (SSSR count). The monoisotopic (exact) mass is 344 g/mol. The number of fused-ring (bicyclic) bond motifs is 3. The van der Waals surface area contributed by atoms with Crippen LogP contribution in [-0.4, -0.2) is 22.3 Å². The fraction of sp³-hybridized carbons (Fsp3) is 0.211. The molecule has 128 valence electrons. The van der Waals surface area contributed by atoms with Crippen LogP contribution < -0.4 is 0 Å². The van der Waals surface area contributed by atoms with E-state index in [1.165, 1.54) is 23.1 Å². The zero-order chi connectivity index (χ0) is 17.6. The minimum absolute atomic E-state index is 0.293. The van der Waals surface area contributed by atoms with Crippen LogP contribution in [0.1, 0.15) is 27.2 Å². The van der Waals surface area contributed by atoms with E-state index in [4.69, 9.17) is 0 Å². The molecule has 0 radical (unpaired) electrons. The van der Waals surface area contributed by atoms with E-state index in [9.17, 15) is 18.0 Å². The molecule has 0 saturated carbocycles. The van der Waals surface area contributed by atoms with Crippen molar-refractivity contribution < 1.29 is 18.0 Å². The van der Waals surface area contributed by atoms with Crippen LogP contribution in [0.4, 0.5) is 13.2 Å². The smallest absolute Gasteiger partial charge is 0.358 e. The Kier molecular flexibility index (Phi) is 3.56. The largest absolute Gasteiger partial charge is 0.417 e. The van der Waals surface area contributed by atoms with Crippen LogP contribution in [-0.2, 0) is 19.1 Å². The lowest BCUT2D eigenvalue weighted by atomic mass is 10.0. The molecule has 0 aliphatic carbocycles. The van der Waals surface area contributed by atoms with Crippen molar-refractivity contribution in [1.82, 2.24) is 9.88 Å². The second-order valence-electron chi connectivity index (χ2n) is 6.15. The zero-order valence-corrected chi connectivity index (χ0v) is 13.2. The molecule has 2 heterocycles. The molecule has 25 heavy (non-hydrogen) atoms. The minimum Gasteiger partial charge on any atom is -0.358 e. The number of halogens is 3. The van der Waals surface area contributed by atoms with E-state index in [1.807, 2.05) is 24.3 Å². The molecule has 0 bridgehead atoms. The van der Waals surface area contributed by atoms with E-state index in [-0.39, 0.29) is 5.56 Å². The summed E-state index contributed by atoms with van der Waals surface area (Å²) in [6.07, 6.45) is -3.95. The number of aromatic nitrogens is 1. The first-order valence-corrected chi connectivity index (χ1v) is 7.99. The van der Waals surface area contributed by atoms with Crippen LogP contribution in [0.2, 0.25) is 0 Å². The molecule has 1 aromatic heterocycles. The number of benzene rings is 2. The van der Waals surface area contributed by atoms with Crippen molar-refractivity contribution in [2.75, 3.05) is 6.54 Å². The third-order valence-corrected chi connectivity index (χ3v) is 4.63. The topological polar surface area (TPSA) is 36.1 Å². The summed E-state index contributed by atoms with van der Waals surface area (Å²) in [4.78, 5) is 17.6. The van der Waals surface area contributed by atoms with Gasteiger partial charge in [0.25, 0.3) is 5.91 Å². The van der Waals surface area contributed by atoms with Crippen molar-refractivity contribution in [2.45, 2.75) is 19.1 Å². The Labute approximate surface area is 142 Å². The lowest BCUT2D eigenvalue weighted by Gasteiger charge is -2.28. The highest BCUT2D eigenvalue weighted by atomic mass is 19.4. The molecular formula is C19H15F3N2O. The van der Waals surface area contributed by atoms with Gasteiger partial charge in [-0.3, -0.25) is 4.79 Å². The van der Waals surface area contributed by atoms with Crippen LogP contribution in [0, 0.1) is 0 Å². The van der Waals surface area contributed by atoms with Gasteiger partial charge >= 0.3 is 6.18 Å². The summed E-state index contributed by atoms with van der Waals surface area (Å²) in [5.41, 5.74) is 1.84. The molecule has 1 amide bonds. The second-order valence-corrected chi connectivity index (χ2v) is 6.15. The number of hydrogen-bond acceptors (Lipinski definition) is 1. The summed E-state index contributed by atoms with van der Waals surface area (Å²) in [5, 5.41) is 1.01. The number of aromatic amines is 1. The molecule has 0 saturated heterocycles. The van der Waals surface area contributed by atoms with Crippen LogP contribution in [0.15, 0.2) is 48.5 Å². The third-order valence-electron chi connectivity index (χ3n) is 4.63. The highest BCUT2D eigenvalue weighted by Gasteiger charge is 2.36. The Morgan fingerprint density at radius 2 is 1.76 bits per heavy atom. The molecule has 2 aromatic carbocycles. The number of rotatable bonds is 1. The molecular weight excluding hydrogens is 329 g/mol. The van der Waals surface area contributed by atoms with E-state index in [1.54, 1.807) is 0 Å². The van der Waals surface area contributed by atoms with Gasteiger partial charge in [0.1, 0.15) is 0 Å². The Hall–Kier alpha value is -2.76. The normalized spacial score (nSPS) is 14.6. The summed E-state index contributed by atoms with van der Waals surface area (Å²) in [6, 6.07) is 12.7. The first kappa shape index (κ1) is 15.7. The molecule has 3 aromatic rings. The first-order valence-electron chi connectivity index (χ1n) is 7.99. The van der Waals surface area contributed by atoms with Gasteiger partial charge < -0.3 is 9.88 Å². The van der Waals surface area contributed by atoms with Gasteiger partial charge in [-0.1, -0.05) is 30.3 Å². The van der Waals surface area contributed by atoms with Gasteiger partial charge in [-0.25, -0.2) is 0 Å². The van der Waals surface area contributed by atoms with E-state index >= 15 is 0 Å². The zero-order valence-electron chi connectivity index (χ0n) is 13.2. The third kappa shape index (κ3) is 2.67. The molecule has 1 N–H and O–H groups in total. The van der Waals surface area contributed by atoms with Gasteiger partial charge in [-0.05, 0) is 18.2 Å². The molecule has 0 spiro atoms. The first-order chi connectivity index (χ1) is 11.9. The fourth-order valence-corrected chi connectivity index (χ4v) is 3.43. The Balaban J connectivity index is 1.70. The standard InChI is InChI=1S/C19H15F3N2O/c20-19(21,22)15-7-3-1-6-13(15)18(25)24-10-9-17-14(11-24)12-5-2-4-8-16(12)23-17/h1-8,23H,9-11H2. The number of nitrogens with zero attached hydrogens (tertiary/aromatic N) is 1. The number of carbonyl (C=O) groups excluding carboxylic acids is 1. The van der Waals surface area contributed by atoms with Gasteiger partial charge in [0.2, 0.25) is 0 Å². The van der Waals surface area contributed by atoms with Crippen molar-refractivity contribution in [3.63, 3.8) is 0 Å². The summed E-state index contributed by atoms with van der Waals surface area (Å²) in [7, 11) is 0. The maximum atomic E-state index is 13.2. The van der Waals surface area contributed by atoms with Crippen molar-refractivity contribution in [3.8, 4) is 0 Å². The molecule has 0 atom stereocenters. The number of hydrogen-bond donors (Lipinski definition) is 1. The lowest BCUT2D eigenvalue weighted by Crippen LogP contribution is -2.36. The number of carbonyl (C=O) groups is 1. The van der Waals surface area contributed by atoms with E-state index < -0.39 is 17.6 Å². The summed E-state index contributed by atoms with van der Waals surface area (Å²) in [6.45, 7) is 0.704. The average Bonchev–Trinajstić information content (AvgIpc) is 2.98. The van der Waals surface area contributed by atoms with Gasteiger partial charge in [-0.15, -0.1) is 0 Å². The van der Waals surface area contributed by atoms with Crippen LogP contribution in [0.3, 0.4) is 0 Å². The Bertz CT molecular complexity index is 959. The van der Waals surface area contributed by atoms with E-state index in [2.05, 4.69) is 4.98 Å². The summed E-state index contributed by atoms with van der Waals surface area (Å²) >= 11 is 0. The maximum absolute atomic E-state index is 13.2. The molecule has 1 aliphatic rings. The lowest BCUT2D eigenvalue weighted by molar-refractivity contribution is -0.138. The maximum Gasteiger partial charge on any atom is 0.417 e. The van der Waals surface area contributed by atoms with Gasteiger partial charge in [-0.2, -0.15) is 13.2 Å². The van der Waals surface area contributed by atoms with Crippen LogP contribution in [0.25, 0.3) is 10.9 Å². The predicted molar refractivity (Wildman–Crippen MR) is 88.2 cm³/mol. The van der Waals surface area contributed by atoms with Crippen molar-refractivity contribution in [2.24, 2.45) is 0 Å². The van der Waals surface area contributed by atoms with Gasteiger partial charge in [0.15, 0.2) is 0 Å². The van der Waals surface area contributed by atoms with Crippen molar-refractivity contribution in [3.05, 3.63) is 70.9 Å². The number of alkyl halides is 3. The van der Waals surface area contributed by atoms with E-state index in [0.717, 1.165) is 28.2 Å². The number of H-pyrrole nitrogens is 1. The molecule has 6 heteroatoms. The van der Waals surface area contributed by atoms with Gasteiger partial charge in [0, 0.05) is 41.7 Å². The molecule has 0 unspecified atom stereocenters. The summed E-state index contributed by atoms with van der Waals surface area (Å²) < 4.78 is 39.6. The highest BCUT2D eigenvalue weighted by Crippen LogP contribution is 2.34. The predicted octanol–water partition coefficient (Wildman–Crippen LogP) is 4.39. The van der Waals surface area contributed by atoms with Gasteiger partial charge in [0.05, 0.1) is 11.1 Å². The summed E-state index contributed by atoms with van der Waals surface area (Å²) in [5.74, 6) is -0.580. The van der Waals surface area contributed by atoms with Crippen molar-refractivity contribution >= 4 is 16.8 Å². The fourth-order valence-electron chi connectivity index (χ4n) is 3.43. The molecule has 0 fully saturated rings. The Morgan fingerprint density at radius 3 is 2.56 bits per heavy atom. The molecule has 1 aliphatic heterocycles. The van der Waals surface area contributed by atoms with Crippen LogP contribution in [0.5, 0.6) is 0 Å². The van der Waals surface area contributed by atoms with Crippen LogP contribution >= 0.6 is 0 Å². The van der Waals surface area contributed by atoms with Crippen molar-refractivity contribution in [1.29, 1.82) is 0 Å². The number of para-hydroxylation sites is 1. The van der Waals surface area contributed by atoms with E-state index in [0.29, 0.717) is 19.5 Å². The average molecular weight is 344 g/mol. The minimum atomic E-state index is -4.55. The Morgan fingerprint density at radius 1 is 1.04 bits per heavy atom.